The minimum absolute atomic E-state index is 0.229. The van der Waals surface area contributed by atoms with Gasteiger partial charge in [-0.1, -0.05) is 11.6 Å². The van der Waals surface area contributed by atoms with Crippen molar-refractivity contribution in [1.29, 1.82) is 0 Å². The molecule has 0 bridgehead atoms. The lowest BCUT2D eigenvalue weighted by atomic mass is 10.3. The summed E-state index contributed by atoms with van der Waals surface area (Å²) in [6.07, 6.45) is 0.475. The predicted molar refractivity (Wildman–Crippen MR) is 66.6 cm³/mol. The lowest BCUT2D eigenvalue weighted by Crippen LogP contribution is -2.39. The van der Waals surface area contributed by atoms with Gasteiger partial charge >= 0.3 is 0 Å². The van der Waals surface area contributed by atoms with Gasteiger partial charge in [0.05, 0.1) is 12.8 Å². The maximum atomic E-state index is 10.0. The summed E-state index contributed by atoms with van der Waals surface area (Å²) < 4.78 is 5.11. The Labute approximate surface area is 103 Å². The van der Waals surface area contributed by atoms with Crippen LogP contribution in [-0.4, -0.2) is 18.6 Å². The van der Waals surface area contributed by atoms with Crippen molar-refractivity contribution in [1.82, 2.24) is 10.9 Å². The molecule has 1 aromatic rings. The third-order valence-corrected chi connectivity index (χ3v) is 2.09. The molecule has 1 aromatic carbocycles. The lowest BCUT2D eigenvalue weighted by Gasteiger charge is -2.12. The van der Waals surface area contributed by atoms with Crippen LogP contribution in [0.1, 0.15) is 0 Å². The van der Waals surface area contributed by atoms with Gasteiger partial charge in [0.1, 0.15) is 5.75 Å². The molecule has 0 fully saturated rings. The lowest BCUT2D eigenvalue weighted by molar-refractivity contribution is -0.110. The Morgan fingerprint density at radius 1 is 1.56 bits per heavy atom. The molecule has 0 radical (unpaired) electrons. The van der Waals surface area contributed by atoms with Crippen molar-refractivity contribution in [2.45, 2.75) is 0 Å². The molecule has 0 aromatic heterocycles. The van der Waals surface area contributed by atoms with Crippen LogP contribution in [0.5, 0.6) is 5.75 Å². The minimum Gasteiger partial charge on any atom is -0.495 e. The first-order valence-corrected chi connectivity index (χ1v) is 5.05. The summed E-state index contributed by atoms with van der Waals surface area (Å²) in [6.45, 7) is 0. The van der Waals surface area contributed by atoms with Gasteiger partial charge < -0.3 is 10.1 Å². The van der Waals surface area contributed by atoms with E-state index in [-0.39, 0.29) is 5.11 Å². The quantitative estimate of drug-likeness (QED) is 0.432. The summed E-state index contributed by atoms with van der Waals surface area (Å²) in [7, 11) is 1.54. The highest BCUT2D eigenvalue weighted by molar-refractivity contribution is 7.80. The van der Waals surface area contributed by atoms with Gasteiger partial charge in [-0.2, -0.15) is 0 Å². The Balaban J connectivity index is 2.74. The molecule has 7 heteroatoms. The van der Waals surface area contributed by atoms with Crippen molar-refractivity contribution >= 4 is 41.0 Å². The Hall–Kier alpha value is -1.53. The zero-order chi connectivity index (χ0) is 12.0. The predicted octanol–water partition coefficient (Wildman–Crippen LogP) is 1.30. The summed E-state index contributed by atoms with van der Waals surface area (Å²) in [5.41, 5.74) is 5.28. The monoisotopic (exact) mass is 259 g/mol. The molecule has 0 unspecified atom stereocenters. The zero-order valence-corrected chi connectivity index (χ0v) is 9.98. The smallest absolute Gasteiger partial charge is 0.225 e. The van der Waals surface area contributed by atoms with E-state index in [4.69, 9.17) is 28.6 Å². The second-order valence-corrected chi connectivity index (χ2v) is 3.53. The number of methoxy groups -OCH3 is 1. The van der Waals surface area contributed by atoms with Crippen LogP contribution in [0.4, 0.5) is 5.69 Å². The number of thiocarbonyl (C=S) groups is 1. The molecular formula is C9H10ClN3O2S. The zero-order valence-electron chi connectivity index (χ0n) is 8.41. The number of amides is 1. The highest BCUT2D eigenvalue weighted by Gasteiger charge is 2.05. The van der Waals surface area contributed by atoms with Crippen molar-refractivity contribution < 1.29 is 9.53 Å². The van der Waals surface area contributed by atoms with Gasteiger partial charge in [0.25, 0.3) is 0 Å². The summed E-state index contributed by atoms with van der Waals surface area (Å²) in [6, 6.07) is 5.07. The summed E-state index contributed by atoms with van der Waals surface area (Å²) in [4.78, 5) is 10.0. The molecule has 0 aliphatic heterocycles. The van der Waals surface area contributed by atoms with E-state index in [1.165, 1.54) is 7.11 Å². The number of carbonyl (C=O) groups excluding carboxylic acids is 1. The van der Waals surface area contributed by atoms with Gasteiger partial charge in [-0.05, 0) is 30.4 Å². The molecule has 5 nitrogen and oxygen atoms in total. The standard InChI is InChI=1S/C9H10ClN3O2S/c1-15-8-3-2-6(10)4-7(8)12-9(16)13-11-5-14/h2-5H,1H3,(H,11,14)(H2,12,13,16). The maximum absolute atomic E-state index is 10.0. The number of anilines is 1. The molecule has 0 atom stereocenters. The Morgan fingerprint density at radius 2 is 2.31 bits per heavy atom. The van der Waals surface area contributed by atoms with Crippen LogP contribution in [0.2, 0.25) is 5.02 Å². The number of carbonyl (C=O) groups is 1. The first-order chi connectivity index (χ1) is 7.67. The number of ether oxygens (including phenoxy) is 1. The van der Waals surface area contributed by atoms with Crippen LogP contribution in [0.15, 0.2) is 18.2 Å². The highest BCUT2D eigenvalue weighted by atomic mass is 35.5. The SMILES string of the molecule is COc1ccc(Cl)cc1NC(=S)NNC=O. The van der Waals surface area contributed by atoms with E-state index in [0.29, 0.717) is 22.9 Å². The van der Waals surface area contributed by atoms with E-state index >= 15 is 0 Å². The average molecular weight is 260 g/mol. The molecule has 16 heavy (non-hydrogen) atoms. The normalized spacial score (nSPS) is 9.12. The van der Waals surface area contributed by atoms with Gasteiger partial charge in [-0.3, -0.25) is 15.6 Å². The van der Waals surface area contributed by atoms with Crippen molar-refractivity contribution in [2.75, 3.05) is 12.4 Å². The maximum Gasteiger partial charge on any atom is 0.225 e. The first-order valence-electron chi connectivity index (χ1n) is 4.27. The van der Waals surface area contributed by atoms with E-state index < -0.39 is 0 Å². The van der Waals surface area contributed by atoms with Gasteiger partial charge in [-0.15, -0.1) is 0 Å². The summed E-state index contributed by atoms with van der Waals surface area (Å²) in [5.74, 6) is 0.597. The van der Waals surface area contributed by atoms with E-state index in [0.717, 1.165) is 0 Å². The highest BCUT2D eigenvalue weighted by Crippen LogP contribution is 2.27. The molecule has 1 amide bonds. The molecule has 1 rings (SSSR count). The number of hydrogen-bond acceptors (Lipinski definition) is 3. The van der Waals surface area contributed by atoms with Crippen LogP contribution in [0.25, 0.3) is 0 Å². The van der Waals surface area contributed by atoms with Crippen LogP contribution in [0, 0.1) is 0 Å². The number of halogens is 1. The van der Waals surface area contributed by atoms with Crippen molar-refractivity contribution in [3.05, 3.63) is 23.2 Å². The second-order valence-electron chi connectivity index (χ2n) is 2.69. The fourth-order valence-corrected chi connectivity index (χ4v) is 1.37. The molecule has 86 valence electrons. The fraction of sp³-hybridized carbons (Fsp3) is 0.111. The Morgan fingerprint density at radius 3 is 2.94 bits per heavy atom. The Bertz CT molecular complexity index is 400. The molecule has 0 saturated carbocycles. The summed E-state index contributed by atoms with van der Waals surface area (Å²) >= 11 is 10.7. The molecule has 0 aliphatic rings. The molecular weight excluding hydrogens is 250 g/mol. The van der Waals surface area contributed by atoms with Crippen LogP contribution in [-0.2, 0) is 4.79 Å². The Kier molecular flexibility index (Phi) is 4.81. The van der Waals surface area contributed by atoms with Crippen molar-refractivity contribution in [3.8, 4) is 5.75 Å². The number of rotatable bonds is 4. The molecule has 0 spiro atoms. The van der Waals surface area contributed by atoms with Crippen molar-refractivity contribution in [2.24, 2.45) is 0 Å². The van der Waals surface area contributed by atoms with E-state index in [9.17, 15) is 4.79 Å². The van der Waals surface area contributed by atoms with Gasteiger partial charge in [0.15, 0.2) is 5.11 Å². The molecule has 3 N–H and O–H groups in total. The van der Waals surface area contributed by atoms with Crippen LogP contribution in [0.3, 0.4) is 0 Å². The van der Waals surface area contributed by atoms with Gasteiger partial charge in [0, 0.05) is 5.02 Å². The number of benzene rings is 1. The van der Waals surface area contributed by atoms with Crippen LogP contribution >= 0.6 is 23.8 Å². The topological polar surface area (TPSA) is 62.4 Å². The minimum atomic E-state index is 0.229. The number of hydrogen-bond donors (Lipinski definition) is 3. The van der Waals surface area contributed by atoms with Gasteiger partial charge in [-0.25, -0.2) is 0 Å². The van der Waals surface area contributed by atoms with E-state index in [1.807, 2.05) is 0 Å². The molecule has 0 saturated heterocycles. The third kappa shape index (κ3) is 3.56. The van der Waals surface area contributed by atoms with E-state index in [1.54, 1.807) is 18.2 Å². The number of hydrazine groups is 1. The first kappa shape index (κ1) is 12.5. The van der Waals surface area contributed by atoms with Gasteiger partial charge in [0.2, 0.25) is 6.41 Å². The largest absolute Gasteiger partial charge is 0.495 e. The van der Waals surface area contributed by atoms with E-state index in [2.05, 4.69) is 16.2 Å². The van der Waals surface area contributed by atoms with Crippen molar-refractivity contribution in [3.63, 3.8) is 0 Å². The molecule has 0 aliphatic carbocycles. The average Bonchev–Trinajstić information content (AvgIpc) is 2.27. The second kappa shape index (κ2) is 6.14. The third-order valence-electron chi connectivity index (χ3n) is 1.65. The number of nitrogens with one attached hydrogen (secondary N) is 3. The molecule has 0 heterocycles. The summed E-state index contributed by atoms with van der Waals surface area (Å²) in [5, 5.41) is 3.61. The fourth-order valence-electron chi connectivity index (χ4n) is 1.03. The van der Waals surface area contributed by atoms with Crippen LogP contribution < -0.4 is 20.9 Å².